The molecule has 0 aliphatic rings. The van der Waals surface area contributed by atoms with Crippen LogP contribution in [0.4, 0.5) is 5.82 Å². The van der Waals surface area contributed by atoms with Crippen molar-refractivity contribution >= 4 is 11.7 Å². The van der Waals surface area contributed by atoms with Gasteiger partial charge < -0.3 is 15.6 Å². The molecule has 0 spiro atoms. The van der Waals surface area contributed by atoms with Crippen LogP contribution in [-0.4, -0.2) is 33.9 Å². The summed E-state index contributed by atoms with van der Waals surface area (Å²) >= 11 is 0. The number of rotatable bonds is 6. The number of aromatic nitrogens is 3. The molecule has 0 saturated carbocycles. The summed E-state index contributed by atoms with van der Waals surface area (Å²) in [4.78, 5) is 23.1. The molecule has 0 atom stereocenters. The van der Waals surface area contributed by atoms with E-state index >= 15 is 0 Å². The van der Waals surface area contributed by atoms with Gasteiger partial charge in [-0.05, 0) is 19.1 Å². The topological polar surface area (TPSA) is 82.7 Å². The molecule has 0 radical (unpaired) electrons. The van der Waals surface area contributed by atoms with E-state index in [1.165, 1.54) is 0 Å². The van der Waals surface area contributed by atoms with Gasteiger partial charge in [-0.3, -0.25) is 4.79 Å². The molecule has 0 aromatic carbocycles. The molecule has 0 aliphatic carbocycles. The third-order valence-electron chi connectivity index (χ3n) is 2.59. The van der Waals surface area contributed by atoms with Gasteiger partial charge in [-0.2, -0.15) is 0 Å². The van der Waals surface area contributed by atoms with Crippen molar-refractivity contribution in [2.45, 2.75) is 13.3 Å². The maximum absolute atomic E-state index is 11.8. The van der Waals surface area contributed by atoms with Crippen LogP contribution < -0.4 is 10.6 Å². The summed E-state index contributed by atoms with van der Waals surface area (Å²) in [5, 5.41) is 5.91. The number of hydrogen-bond donors (Lipinski definition) is 3. The minimum Gasteiger partial charge on any atom is -0.370 e. The van der Waals surface area contributed by atoms with Crippen LogP contribution in [0.25, 0.3) is 0 Å². The van der Waals surface area contributed by atoms with Gasteiger partial charge in [-0.25, -0.2) is 9.97 Å². The molecule has 3 N–H and O–H groups in total. The number of imidazole rings is 1. The third-order valence-corrected chi connectivity index (χ3v) is 2.59. The Morgan fingerprint density at radius 2 is 2.26 bits per heavy atom. The average Bonchev–Trinajstić information content (AvgIpc) is 2.93. The number of hydrogen-bond acceptors (Lipinski definition) is 4. The highest BCUT2D eigenvalue weighted by Gasteiger charge is 2.05. The van der Waals surface area contributed by atoms with Crippen LogP contribution in [0.1, 0.15) is 23.1 Å². The molecule has 19 heavy (non-hydrogen) atoms. The van der Waals surface area contributed by atoms with Crippen molar-refractivity contribution in [3.05, 3.63) is 42.1 Å². The molecule has 0 unspecified atom stereocenters. The first-order valence-electron chi connectivity index (χ1n) is 6.26. The van der Waals surface area contributed by atoms with Crippen LogP contribution in [0.2, 0.25) is 0 Å². The third kappa shape index (κ3) is 3.80. The average molecular weight is 259 g/mol. The monoisotopic (exact) mass is 259 g/mol. The zero-order chi connectivity index (χ0) is 13.5. The van der Waals surface area contributed by atoms with Gasteiger partial charge in [0, 0.05) is 38.1 Å². The maximum atomic E-state index is 11.8. The molecule has 6 heteroatoms. The minimum absolute atomic E-state index is 0.123. The van der Waals surface area contributed by atoms with Gasteiger partial charge in [0.1, 0.15) is 11.6 Å². The van der Waals surface area contributed by atoms with Gasteiger partial charge in [-0.1, -0.05) is 0 Å². The summed E-state index contributed by atoms with van der Waals surface area (Å²) in [5.74, 6) is 1.51. The van der Waals surface area contributed by atoms with Crippen LogP contribution in [0, 0.1) is 0 Å². The number of carbonyl (C=O) groups excluding carboxylic acids is 1. The lowest BCUT2D eigenvalue weighted by Gasteiger charge is -2.05. The molecule has 2 rings (SSSR count). The summed E-state index contributed by atoms with van der Waals surface area (Å²) in [7, 11) is 0. The summed E-state index contributed by atoms with van der Waals surface area (Å²) in [6, 6.07) is 3.55. The number of H-pyrrole nitrogens is 1. The van der Waals surface area contributed by atoms with Crippen LogP contribution in [0.5, 0.6) is 0 Å². The van der Waals surface area contributed by atoms with E-state index in [2.05, 4.69) is 25.6 Å². The number of carbonyl (C=O) groups is 1. The number of amides is 1. The molecule has 2 aromatic heterocycles. The van der Waals surface area contributed by atoms with Crippen molar-refractivity contribution in [2.75, 3.05) is 18.4 Å². The summed E-state index contributed by atoms with van der Waals surface area (Å²) in [5.41, 5.74) is 0.557. The van der Waals surface area contributed by atoms with Crippen molar-refractivity contribution in [1.29, 1.82) is 0 Å². The van der Waals surface area contributed by atoms with Crippen molar-refractivity contribution in [3.63, 3.8) is 0 Å². The van der Waals surface area contributed by atoms with Crippen molar-refractivity contribution in [2.24, 2.45) is 0 Å². The Bertz CT molecular complexity index is 506. The Kier molecular flexibility index (Phi) is 4.49. The van der Waals surface area contributed by atoms with E-state index < -0.39 is 0 Å². The molecule has 100 valence electrons. The predicted octanol–water partition coefficient (Wildman–Crippen LogP) is 1.21. The molecule has 6 nitrogen and oxygen atoms in total. The standard InChI is InChI=1S/C13H17N5O/c1-2-14-11-4-3-10(9-18-11)13(19)17-6-5-12-15-7-8-16-12/h3-4,7-9H,2,5-6H2,1H3,(H,14,18)(H,15,16)(H,17,19). The molecule has 0 saturated heterocycles. The summed E-state index contributed by atoms with van der Waals surface area (Å²) < 4.78 is 0. The fourth-order valence-corrected chi connectivity index (χ4v) is 1.65. The largest absolute Gasteiger partial charge is 0.370 e. The highest BCUT2D eigenvalue weighted by atomic mass is 16.1. The first kappa shape index (κ1) is 13.1. The first-order chi connectivity index (χ1) is 9.29. The Labute approximate surface area is 111 Å². The first-order valence-corrected chi connectivity index (χ1v) is 6.26. The zero-order valence-electron chi connectivity index (χ0n) is 10.8. The van der Waals surface area contributed by atoms with E-state index in [1.54, 1.807) is 30.7 Å². The molecule has 2 heterocycles. The van der Waals surface area contributed by atoms with Gasteiger partial charge in [0.15, 0.2) is 0 Å². The quantitative estimate of drug-likeness (QED) is 0.728. The van der Waals surface area contributed by atoms with E-state index in [9.17, 15) is 4.79 Å². The molecular weight excluding hydrogens is 242 g/mol. The fourth-order valence-electron chi connectivity index (χ4n) is 1.65. The number of pyridine rings is 1. The van der Waals surface area contributed by atoms with Crippen LogP contribution in [0.3, 0.4) is 0 Å². The fraction of sp³-hybridized carbons (Fsp3) is 0.308. The highest BCUT2D eigenvalue weighted by molar-refractivity contribution is 5.94. The summed E-state index contributed by atoms with van der Waals surface area (Å²) in [6.45, 7) is 3.35. The van der Waals surface area contributed by atoms with Gasteiger partial charge in [0.25, 0.3) is 5.91 Å². The van der Waals surface area contributed by atoms with E-state index in [1.807, 2.05) is 6.92 Å². The molecule has 1 amide bonds. The molecule has 0 fully saturated rings. The Morgan fingerprint density at radius 1 is 1.37 bits per heavy atom. The predicted molar refractivity (Wildman–Crippen MR) is 73.0 cm³/mol. The second-order valence-electron chi connectivity index (χ2n) is 4.00. The molecule has 2 aromatic rings. The SMILES string of the molecule is CCNc1ccc(C(=O)NCCc2ncc[nH]2)cn1. The lowest BCUT2D eigenvalue weighted by molar-refractivity contribution is 0.0953. The van der Waals surface area contributed by atoms with E-state index in [4.69, 9.17) is 0 Å². The second kappa shape index (κ2) is 6.53. The van der Waals surface area contributed by atoms with Crippen molar-refractivity contribution in [3.8, 4) is 0 Å². The number of nitrogens with one attached hydrogen (secondary N) is 3. The van der Waals surface area contributed by atoms with Crippen molar-refractivity contribution in [1.82, 2.24) is 20.3 Å². The Hall–Kier alpha value is -2.37. The molecule has 0 aliphatic heterocycles. The molecular formula is C13H17N5O. The van der Waals surface area contributed by atoms with E-state index in [-0.39, 0.29) is 5.91 Å². The zero-order valence-corrected chi connectivity index (χ0v) is 10.8. The van der Waals surface area contributed by atoms with E-state index in [0.717, 1.165) is 18.2 Å². The summed E-state index contributed by atoms with van der Waals surface area (Å²) in [6.07, 6.45) is 5.71. The molecule has 0 bridgehead atoms. The lowest BCUT2D eigenvalue weighted by atomic mass is 10.2. The van der Waals surface area contributed by atoms with Gasteiger partial charge in [-0.15, -0.1) is 0 Å². The van der Waals surface area contributed by atoms with Gasteiger partial charge in [0.2, 0.25) is 0 Å². The smallest absolute Gasteiger partial charge is 0.252 e. The maximum Gasteiger partial charge on any atom is 0.252 e. The highest BCUT2D eigenvalue weighted by Crippen LogP contribution is 2.04. The Balaban J connectivity index is 1.82. The van der Waals surface area contributed by atoms with Gasteiger partial charge >= 0.3 is 0 Å². The Morgan fingerprint density at radius 3 is 2.89 bits per heavy atom. The minimum atomic E-state index is -0.123. The lowest BCUT2D eigenvalue weighted by Crippen LogP contribution is -2.26. The van der Waals surface area contributed by atoms with Gasteiger partial charge in [0.05, 0.1) is 5.56 Å². The van der Waals surface area contributed by atoms with Crippen LogP contribution in [0.15, 0.2) is 30.7 Å². The van der Waals surface area contributed by atoms with Crippen LogP contribution in [-0.2, 0) is 6.42 Å². The van der Waals surface area contributed by atoms with E-state index in [0.29, 0.717) is 18.5 Å². The second-order valence-corrected chi connectivity index (χ2v) is 4.00. The number of aromatic amines is 1. The van der Waals surface area contributed by atoms with Crippen LogP contribution >= 0.6 is 0 Å². The normalized spacial score (nSPS) is 10.2. The number of anilines is 1. The number of nitrogens with zero attached hydrogens (tertiary/aromatic N) is 2. The van der Waals surface area contributed by atoms with Crippen molar-refractivity contribution < 1.29 is 4.79 Å².